The van der Waals surface area contributed by atoms with Gasteiger partial charge in [0.15, 0.2) is 13.3 Å². The van der Waals surface area contributed by atoms with Gasteiger partial charge in [0.05, 0.1) is 0 Å². The lowest BCUT2D eigenvalue weighted by atomic mass is 10.2. The van der Waals surface area contributed by atoms with Crippen molar-refractivity contribution in [2.24, 2.45) is 0 Å². The maximum absolute atomic E-state index is 12.1. The SMILES string of the molecule is FCC(F)(F)/C(F)=C(/F)C(F)(F)CF. The lowest BCUT2D eigenvalue weighted by molar-refractivity contribution is -0.0384. The molecule has 0 aliphatic rings. The second-order valence-corrected chi connectivity index (χ2v) is 2.30. The van der Waals surface area contributed by atoms with Gasteiger partial charge in [-0.1, -0.05) is 0 Å². The van der Waals surface area contributed by atoms with Gasteiger partial charge in [0.25, 0.3) is 0 Å². The predicted molar refractivity (Wildman–Crippen MR) is 31.1 cm³/mol. The molecule has 0 atom stereocenters. The molecule has 0 aromatic rings. The Morgan fingerprint density at radius 2 is 0.929 bits per heavy atom. The molecule has 0 aromatic heterocycles. The molecule has 0 nitrogen and oxygen atoms in total. The Morgan fingerprint density at radius 3 is 1.07 bits per heavy atom. The summed E-state index contributed by atoms with van der Waals surface area (Å²) in [6.07, 6.45) is 0. The van der Waals surface area contributed by atoms with Gasteiger partial charge in [0, 0.05) is 0 Å². The first-order valence-electron chi connectivity index (χ1n) is 3.13. The number of hydrogen-bond acceptors (Lipinski definition) is 0. The van der Waals surface area contributed by atoms with E-state index in [1.807, 2.05) is 0 Å². The van der Waals surface area contributed by atoms with Crippen LogP contribution in [0.1, 0.15) is 0 Å². The van der Waals surface area contributed by atoms with E-state index in [0.29, 0.717) is 0 Å². The van der Waals surface area contributed by atoms with E-state index >= 15 is 0 Å². The summed E-state index contributed by atoms with van der Waals surface area (Å²) in [6, 6.07) is 0. The van der Waals surface area contributed by atoms with E-state index in [1.165, 1.54) is 0 Å². The van der Waals surface area contributed by atoms with Crippen molar-refractivity contribution in [1.29, 1.82) is 0 Å². The molecule has 0 unspecified atom stereocenters. The second-order valence-electron chi connectivity index (χ2n) is 2.30. The topological polar surface area (TPSA) is 0 Å². The van der Waals surface area contributed by atoms with E-state index in [0.717, 1.165) is 0 Å². The van der Waals surface area contributed by atoms with Gasteiger partial charge in [-0.3, -0.25) is 0 Å². The second kappa shape index (κ2) is 4.14. The first-order chi connectivity index (χ1) is 6.19. The fourth-order valence-electron chi connectivity index (χ4n) is 0.438. The molecule has 0 spiro atoms. The summed E-state index contributed by atoms with van der Waals surface area (Å²) in [5, 5.41) is 0. The van der Waals surface area contributed by atoms with Crippen molar-refractivity contribution < 1.29 is 35.1 Å². The van der Waals surface area contributed by atoms with Crippen molar-refractivity contribution in [3.63, 3.8) is 0 Å². The fraction of sp³-hybridized carbons (Fsp3) is 0.667. The lowest BCUT2D eigenvalue weighted by Crippen LogP contribution is -2.27. The average Bonchev–Trinajstić information content (AvgIpc) is 2.15. The molecule has 0 fully saturated rings. The molecule has 0 amide bonds. The summed E-state index contributed by atoms with van der Waals surface area (Å²) in [5.74, 6) is -16.6. The molecule has 0 aliphatic carbocycles. The minimum atomic E-state index is -5.00. The van der Waals surface area contributed by atoms with Gasteiger partial charge in [-0.25, -0.2) is 17.6 Å². The zero-order valence-electron chi connectivity index (χ0n) is 6.44. The van der Waals surface area contributed by atoms with E-state index in [-0.39, 0.29) is 0 Å². The normalized spacial score (nSPS) is 15.4. The summed E-state index contributed by atoms with van der Waals surface area (Å²) in [5.41, 5.74) is 0. The van der Waals surface area contributed by atoms with E-state index in [2.05, 4.69) is 0 Å². The number of rotatable bonds is 4. The van der Waals surface area contributed by atoms with Crippen molar-refractivity contribution in [2.75, 3.05) is 13.3 Å². The maximum atomic E-state index is 12.1. The monoisotopic (exact) mass is 228 g/mol. The molecule has 14 heavy (non-hydrogen) atoms. The molecule has 0 saturated carbocycles. The smallest absolute Gasteiger partial charge is 0.244 e. The molecule has 8 heteroatoms. The van der Waals surface area contributed by atoms with Crippen LogP contribution in [0.25, 0.3) is 0 Å². The highest BCUT2D eigenvalue weighted by Crippen LogP contribution is 2.36. The average molecular weight is 228 g/mol. The van der Waals surface area contributed by atoms with Crippen LogP contribution in [0.4, 0.5) is 35.1 Å². The van der Waals surface area contributed by atoms with Gasteiger partial charge in [-0.05, 0) is 0 Å². The number of alkyl halides is 6. The van der Waals surface area contributed by atoms with Crippen LogP contribution < -0.4 is 0 Å². The van der Waals surface area contributed by atoms with Gasteiger partial charge < -0.3 is 0 Å². The molecular weight excluding hydrogens is 224 g/mol. The third kappa shape index (κ3) is 2.58. The Morgan fingerprint density at radius 1 is 0.714 bits per heavy atom. The zero-order chi connectivity index (χ0) is 11.6. The third-order valence-electron chi connectivity index (χ3n) is 1.17. The molecule has 84 valence electrons. The standard InChI is InChI=1S/C6H4F8/c7-1-5(11,12)3(9)4(10)6(13,14)2-8/h1-2H2/b4-3-. The predicted octanol–water partition coefficient (Wildman–Crippen LogP) is 3.35. The van der Waals surface area contributed by atoms with Crippen LogP contribution in [-0.2, 0) is 0 Å². The minimum Gasteiger partial charge on any atom is -0.244 e. The van der Waals surface area contributed by atoms with E-state index in [1.54, 1.807) is 0 Å². The first kappa shape index (κ1) is 13.2. The summed E-state index contributed by atoms with van der Waals surface area (Å²) >= 11 is 0. The van der Waals surface area contributed by atoms with Crippen molar-refractivity contribution in [1.82, 2.24) is 0 Å². The molecule has 0 rings (SSSR count). The zero-order valence-corrected chi connectivity index (χ0v) is 6.44. The van der Waals surface area contributed by atoms with Gasteiger partial charge in [-0.2, -0.15) is 17.6 Å². The van der Waals surface area contributed by atoms with Crippen molar-refractivity contribution in [3.8, 4) is 0 Å². The number of allylic oxidation sites excluding steroid dienone is 2. The Balaban J connectivity index is 5.12. The molecule has 0 bridgehead atoms. The minimum absolute atomic E-state index is 2.69. The van der Waals surface area contributed by atoms with Crippen molar-refractivity contribution in [2.45, 2.75) is 11.8 Å². The highest BCUT2D eigenvalue weighted by molar-refractivity contribution is 5.16. The molecule has 0 aromatic carbocycles. The summed E-state index contributed by atoms with van der Waals surface area (Å²) in [6.45, 7) is -5.37. The third-order valence-corrected chi connectivity index (χ3v) is 1.17. The summed E-state index contributed by atoms with van der Waals surface area (Å²) < 4.78 is 94.8. The Hall–Kier alpha value is -0.820. The van der Waals surface area contributed by atoms with Crippen LogP contribution >= 0.6 is 0 Å². The Labute approximate surface area is 73.2 Å². The van der Waals surface area contributed by atoms with Crippen LogP contribution in [0.3, 0.4) is 0 Å². The van der Waals surface area contributed by atoms with Gasteiger partial charge in [-0.15, -0.1) is 0 Å². The van der Waals surface area contributed by atoms with Crippen LogP contribution in [0.15, 0.2) is 11.7 Å². The maximum Gasteiger partial charge on any atom is 0.329 e. The first-order valence-corrected chi connectivity index (χ1v) is 3.13. The van der Waals surface area contributed by atoms with Crippen LogP contribution in [0.2, 0.25) is 0 Å². The Bertz CT molecular complexity index is 206. The fourth-order valence-corrected chi connectivity index (χ4v) is 0.438. The van der Waals surface area contributed by atoms with Crippen LogP contribution in [0, 0.1) is 0 Å². The van der Waals surface area contributed by atoms with Gasteiger partial charge in [0.1, 0.15) is 0 Å². The van der Waals surface area contributed by atoms with Crippen molar-refractivity contribution in [3.05, 3.63) is 11.7 Å². The van der Waals surface area contributed by atoms with Crippen molar-refractivity contribution >= 4 is 0 Å². The molecule has 0 aliphatic heterocycles. The molecular formula is C6H4F8. The molecule has 0 radical (unpaired) electrons. The molecule has 0 heterocycles. The van der Waals surface area contributed by atoms with Gasteiger partial charge in [0.2, 0.25) is 11.7 Å². The van der Waals surface area contributed by atoms with E-state index in [9.17, 15) is 35.1 Å². The van der Waals surface area contributed by atoms with Gasteiger partial charge >= 0.3 is 11.8 Å². The number of halogens is 8. The van der Waals surface area contributed by atoms with E-state index < -0.39 is 36.8 Å². The highest BCUT2D eigenvalue weighted by atomic mass is 19.3. The highest BCUT2D eigenvalue weighted by Gasteiger charge is 2.47. The lowest BCUT2D eigenvalue weighted by Gasteiger charge is -2.14. The molecule has 0 N–H and O–H groups in total. The van der Waals surface area contributed by atoms with Crippen LogP contribution in [0.5, 0.6) is 0 Å². The Kier molecular flexibility index (Phi) is 3.90. The largest absolute Gasteiger partial charge is 0.329 e. The molecule has 0 saturated heterocycles. The van der Waals surface area contributed by atoms with Crippen LogP contribution in [-0.4, -0.2) is 25.2 Å². The van der Waals surface area contributed by atoms with E-state index in [4.69, 9.17) is 0 Å². The summed E-state index contributed by atoms with van der Waals surface area (Å²) in [7, 11) is 0. The number of hydrogen-bond donors (Lipinski definition) is 0. The quantitative estimate of drug-likeness (QED) is 0.647. The summed E-state index contributed by atoms with van der Waals surface area (Å²) in [4.78, 5) is 0.